The summed E-state index contributed by atoms with van der Waals surface area (Å²) in [4.78, 5) is 14.9. The van der Waals surface area contributed by atoms with Crippen molar-refractivity contribution in [1.29, 1.82) is 0 Å². The van der Waals surface area contributed by atoms with Gasteiger partial charge in [0, 0.05) is 24.0 Å². The van der Waals surface area contributed by atoms with E-state index < -0.39 is 11.6 Å². The van der Waals surface area contributed by atoms with Crippen LogP contribution in [0.1, 0.15) is 17.5 Å². The van der Waals surface area contributed by atoms with Crippen LogP contribution < -0.4 is 10.2 Å². The maximum Gasteiger partial charge on any atom is 0.234 e. The van der Waals surface area contributed by atoms with Crippen molar-refractivity contribution in [2.24, 2.45) is 0 Å². The van der Waals surface area contributed by atoms with E-state index in [2.05, 4.69) is 50.3 Å². The number of rotatable bonds is 3. The zero-order valence-electron chi connectivity index (χ0n) is 14.2. The van der Waals surface area contributed by atoms with Crippen molar-refractivity contribution in [1.82, 2.24) is 15.0 Å². The monoisotopic (exact) mass is 353 g/mol. The van der Waals surface area contributed by atoms with Crippen LogP contribution in [0.2, 0.25) is 0 Å². The quantitative estimate of drug-likeness (QED) is 0.761. The van der Waals surface area contributed by atoms with Crippen LogP contribution in [-0.2, 0) is 6.42 Å². The minimum absolute atomic E-state index is 0.278. The number of fused-ring (bicyclic) bond motifs is 1. The molecule has 0 spiro atoms. The molecule has 3 aromatic rings. The largest absolute Gasteiger partial charge is 0.324 e. The molecule has 0 amide bonds. The number of aromatic nitrogens is 3. The van der Waals surface area contributed by atoms with Crippen molar-refractivity contribution in [2.45, 2.75) is 19.8 Å². The number of nitrogens with one attached hydrogen (secondary N) is 1. The molecular formula is C19H17F2N5. The molecule has 0 atom stereocenters. The second kappa shape index (κ2) is 6.67. The van der Waals surface area contributed by atoms with Crippen LogP contribution in [0.4, 0.5) is 32.1 Å². The van der Waals surface area contributed by atoms with Gasteiger partial charge in [-0.3, -0.25) is 0 Å². The van der Waals surface area contributed by atoms with E-state index in [1.807, 2.05) is 0 Å². The predicted octanol–water partition coefficient (Wildman–Crippen LogP) is 4.29. The molecule has 0 saturated heterocycles. The number of anilines is 4. The first-order valence-electron chi connectivity index (χ1n) is 8.38. The summed E-state index contributed by atoms with van der Waals surface area (Å²) in [7, 11) is 0. The molecule has 1 aliphatic rings. The summed E-state index contributed by atoms with van der Waals surface area (Å²) in [5.41, 5.74) is 3.95. The zero-order chi connectivity index (χ0) is 18.1. The molecule has 0 radical (unpaired) electrons. The van der Waals surface area contributed by atoms with Crippen LogP contribution >= 0.6 is 0 Å². The lowest BCUT2D eigenvalue weighted by atomic mass is 10.00. The Labute approximate surface area is 149 Å². The van der Waals surface area contributed by atoms with Gasteiger partial charge in [-0.25, -0.2) is 18.7 Å². The van der Waals surface area contributed by atoms with Gasteiger partial charge in [0.15, 0.2) is 11.6 Å². The van der Waals surface area contributed by atoms with Gasteiger partial charge in [0.1, 0.15) is 6.33 Å². The van der Waals surface area contributed by atoms with Crippen LogP contribution in [0.5, 0.6) is 0 Å². The molecule has 2 aromatic carbocycles. The molecule has 132 valence electrons. The number of hydrogen-bond acceptors (Lipinski definition) is 5. The number of aryl methyl sites for hydroxylation is 2. The van der Waals surface area contributed by atoms with E-state index in [9.17, 15) is 8.78 Å². The summed E-state index contributed by atoms with van der Waals surface area (Å²) in [6, 6.07) is 9.89. The van der Waals surface area contributed by atoms with Gasteiger partial charge in [-0.2, -0.15) is 4.98 Å². The van der Waals surface area contributed by atoms with E-state index in [0.29, 0.717) is 11.6 Å². The zero-order valence-corrected chi connectivity index (χ0v) is 14.2. The summed E-state index contributed by atoms with van der Waals surface area (Å²) in [6.45, 7) is 2.89. The van der Waals surface area contributed by atoms with Gasteiger partial charge < -0.3 is 10.2 Å². The van der Waals surface area contributed by atoms with Crippen LogP contribution in [0.15, 0.2) is 42.7 Å². The van der Waals surface area contributed by atoms with E-state index in [0.717, 1.165) is 37.2 Å². The smallest absolute Gasteiger partial charge is 0.234 e. The molecule has 0 fully saturated rings. The summed E-state index contributed by atoms with van der Waals surface area (Å²) >= 11 is 0. The third kappa shape index (κ3) is 3.20. The molecule has 1 aromatic heterocycles. The Morgan fingerprint density at radius 1 is 1.04 bits per heavy atom. The molecule has 5 nitrogen and oxygen atoms in total. The highest BCUT2D eigenvalue weighted by atomic mass is 19.2. The van der Waals surface area contributed by atoms with Crippen molar-refractivity contribution >= 4 is 23.3 Å². The molecule has 7 heteroatoms. The molecule has 0 saturated carbocycles. The minimum atomic E-state index is -0.926. The van der Waals surface area contributed by atoms with Crippen molar-refractivity contribution in [3.05, 3.63) is 65.5 Å². The number of hydrogen-bond donors (Lipinski definition) is 1. The third-order valence-corrected chi connectivity index (χ3v) is 4.33. The first-order chi connectivity index (χ1) is 12.6. The number of halogens is 2. The van der Waals surface area contributed by atoms with E-state index in [4.69, 9.17) is 0 Å². The molecule has 0 bridgehead atoms. The lowest BCUT2D eigenvalue weighted by Gasteiger charge is -2.29. The Morgan fingerprint density at radius 3 is 2.77 bits per heavy atom. The fraction of sp³-hybridized carbons (Fsp3) is 0.211. The third-order valence-electron chi connectivity index (χ3n) is 4.33. The average Bonchev–Trinajstić information content (AvgIpc) is 2.64. The fourth-order valence-corrected chi connectivity index (χ4v) is 3.11. The van der Waals surface area contributed by atoms with Crippen molar-refractivity contribution in [3.63, 3.8) is 0 Å². The Kier molecular flexibility index (Phi) is 4.20. The van der Waals surface area contributed by atoms with Gasteiger partial charge in [-0.1, -0.05) is 17.7 Å². The molecule has 26 heavy (non-hydrogen) atoms. The molecule has 4 rings (SSSR count). The Hall–Kier alpha value is -3.09. The number of nitrogens with zero attached hydrogens (tertiary/aromatic N) is 4. The lowest BCUT2D eigenvalue weighted by Crippen LogP contribution is -2.26. The van der Waals surface area contributed by atoms with Gasteiger partial charge in [0.2, 0.25) is 11.9 Å². The van der Waals surface area contributed by atoms with Crippen molar-refractivity contribution in [3.8, 4) is 0 Å². The van der Waals surface area contributed by atoms with Crippen LogP contribution in [-0.4, -0.2) is 21.5 Å². The van der Waals surface area contributed by atoms with Gasteiger partial charge >= 0.3 is 0 Å². The molecule has 1 aliphatic heterocycles. The summed E-state index contributed by atoms with van der Waals surface area (Å²) in [5, 5.41) is 2.89. The van der Waals surface area contributed by atoms with Gasteiger partial charge in [-0.15, -0.1) is 0 Å². The topological polar surface area (TPSA) is 53.9 Å². The van der Waals surface area contributed by atoms with Crippen LogP contribution in [0.3, 0.4) is 0 Å². The van der Waals surface area contributed by atoms with E-state index in [1.54, 1.807) is 0 Å². The molecule has 2 heterocycles. The van der Waals surface area contributed by atoms with Crippen molar-refractivity contribution < 1.29 is 8.78 Å². The Bertz CT molecular complexity index is 960. The molecule has 0 aliphatic carbocycles. The fourth-order valence-electron chi connectivity index (χ4n) is 3.11. The summed E-state index contributed by atoms with van der Waals surface area (Å²) < 4.78 is 26.4. The Balaban J connectivity index is 1.63. The predicted molar refractivity (Wildman–Crippen MR) is 96.0 cm³/mol. The summed E-state index contributed by atoms with van der Waals surface area (Å²) in [6.07, 6.45) is 3.44. The minimum Gasteiger partial charge on any atom is -0.324 e. The first kappa shape index (κ1) is 16.4. The van der Waals surface area contributed by atoms with Gasteiger partial charge in [0.05, 0.1) is 0 Å². The normalized spacial score (nSPS) is 13.4. The maximum atomic E-state index is 13.4. The summed E-state index contributed by atoms with van der Waals surface area (Å²) in [5.74, 6) is -1.02. The average molecular weight is 353 g/mol. The number of benzene rings is 2. The van der Waals surface area contributed by atoms with Crippen LogP contribution in [0, 0.1) is 18.6 Å². The standard InChI is InChI=1S/C19H17F2N5/c1-12-4-7-17-13(9-12)3-2-8-26(17)19-23-11-22-18(25-19)24-14-5-6-15(20)16(21)10-14/h4-7,9-11H,2-3,8H2,1H3,(H,22,23,24,25). The highest BCUT2D eigenvalue weighted by molar-refractivity contribution is 5.65. The molecule has 1 N–H and O–H groups in total. The molecule has 0 unspecified atom stereocenters. The van der Waals surface area contributed by atoms with E-state index >= 15 is 0 Å². The highest BCUT2D eigenvalue weighted by Gasteiger charge is 2.20. The van der Waals surface area contributed by atoms with E-state index in [-0.39, 0.29) is 5.95 Å². The van der Waals surface area contributed by atoms with Gasteiger partial charge in [0.25, 0.3) is 0 Å². The van der Waals surface area contributed by atoms with Crippen LogP contribution in [0.25, 0.3) is 0 Å². The van der Waals surface area contributed by atoms with Crippen molar-refractivity contribution in [2.75, 3.05) is 16.8 Å². The second-order valence-corrected chi connectivity index (χ2v) is 6.25. The maximum absolute atomic E-state index is 13.4. The lowest BCUT2D eigenvalue weighted by molar-refractivity contribution is 0.509. The van der Waals surface area contributed by atoms with Gasteiger partial charge in [-0.05, 0) is 43.5 Å². The SMILES string of the molecule is Cc1ccc2c(c1)CCCN2c1ncnc(Nc2ccc(F)c(F)c2)n1. The second-order valence-electron chi connectivity index (χ2n) is 6.25. The Morgan fingerprint density at radius 2 is 1.92 bits per heavy atom. The van der Waals surface area contributed by atoms with E-state index in [1.165, 1.54) is 23.5 Å². The highest BCUT2D eigenvalue weighted by Crippen LogP contribution is 2.32. The first-order valence-corrected chi connectivity index (χ1v) is 8.38. The molecular weight excluding hydrogens is 336 g/mol.